The Balaban J connectivity index is 2.55. The number of rotatable bonds is 9. The Morgan fingerprint density at radius 1 is 0.914 bits per heavy atom. The Labute approximate surface area is 197 Å². The van der Waals surface area contributed by atoms with E-state index in [9.17, 15) is 52.0 Å². The second-order valence-electron chi connectivity index (χ2n) is 7.30. The van der Waals surface area contributed by atoms with Gasteiger partial charge in [0.15, 0.2) is 24.8 Å². The Kier molecular flexibility index (Phi) is 9.48. The third-order valence-electron chi connectivity index (χ3n) is 4.76. The van der Waals surface area contributed by atoms with Gasteiger partial charge in [0.25, 0.3) is 0 Å². The van der Waals surface area contributed by atoms with Crippen molar-refractivity contribution in [2.45, 2.75) is 68.3 Å². The molecule has 0 unspecified atom stereocenters. The summed E-state index contributed by atoms with van der Waals surface area (Å²) < 4.78 is 87.2. The maximum atomic E-state index is 11.6. The number of aliphatic hydroxyl groups excluding tert-OH is 4. The van der Waals surface area contributed by atoms with Crippen LogP contribution in [-0.2, 0) is 53.0 Å². The van der Waals surface area contributed by atoms with Crippen molar-refractivity contribution in [2.24, 2.45) is 0 Å². The van der Waals surface area contributed by atoms with Crippen molar-refractivity contribution in [3.05, 3.63) is 0 Å². The van der Waals surface area contributed by atoms with Gasteiger partial charge in [-0.2, -0.15) is 16.8 Å². The van der Waals surface area contributed by atoms with Crippen LogP contribution in [0.5, 0.6) is 0 Å². The average molecular weight is 557 g/mol. The molecule has 2 aliphatic heterocycles. The zero-order valence-electron chi connectivity index (χ0n) is 17.4. The molecule has 0 radical (unpaired) electrons. The molecule has 2 saturated heterocycles. The number of hydrogen-bond donors (Lipinski definition) is 8. The largest absolute Gasteiger partial charge is 0.479 e. The van der Waals surface area contributed by atoms with Crippen molar-refractivity contribution in [2.75, 3.05) is 6.61 Å². The number of carboxylic acid groups (broad SMARTS) is 1. The van der Waals surface area contributed by atoms with Gasteiger partial charge in [-0.3, -0.25) is 13.9 Å². The van der Waals surface area contributed by atoms with Crippen LogP contribution in [0.2, 0.25) is 0 Å². The summed E-state index contributed by atoms with van der Waals surface area (Å²) in [6.45, 7) is -0.151. The Bertz CT molecular complexity index is 985. The highest BCUT2D eigenvalue weighted by atomic mass is 32.3. The molecule has 8 N–H and O–H groups in total. The Hall–Kier alpha value is -1.60. The molecule has 2 aliphatic rings. The highest BCUT2D eigenvalue weighted by molar-refractivity contribution is 7.81. The van der Waals surface area contributed by atoms with Gasteiger partial charge in [0.05, 0.1) is 6.61 Å². The van der Waals surface area contributed by atoms with Crippen LogP contribution in [0.15, 0.2) is 0 Å². The predicted octanol–water partition coefficient (Wildman–Crippen LogP) is -5.51. The van der Waals surface area contributed by atoms with Crippen molar-refractivity contribution in [1.29, 1.82) is 0 Å². The van der Waals surface area contributed by atoms with E-state index in [4.69, 9.17) is 23.3 Å². The van der Waals surface area contributed by atoms with Crippen molar-refractivity contribution in [3.8, 4) is 0 Å². The molecule has 0 aromatic rings. The standard InChI is InChI=1S/C14H23NO18S2/c1-3(17)15-5-9(8(32-34(23,24)25)4(2-16)29-13(5)22)30-14-11(33-35(26,27)28)7(19)6(18)10(31-14)12(20)21/h4-11,13-14,16,18-19,22H,2H2,1H3,(H,15,17)(H,20,21)(H,23,24,25)(H,26,27,28)/t4-,5-,6+,7+,8+,9-,10-,11-,13-,14-/m1/s1. The van der Waals surface area contributed by atoms with E-state index in [0.717, 1.165) is 6.92 Å². The van der Waals surface area contributed by atoms with E-state index in [0.29, 0.717) is 0 Å². The first kappa shape index (κ1) is 29.6. The molecule has 21 heteroatoms. The van der Waals surface area contributed by atoms with Gasteiger partial charge in [-0.25, -0.2) is 13.2 Å². The fourth-order valence-corrected chi connectivity index (χ4v) is 4.42. The minimum absolute atomic E-state index is 0.881. The number of carbonyl (C=O) groups is 2. The van der Waals surface area contributed by atoms with E-state index in [2.05, 4.69) is 13.7 Å². The van der Waals surface area contributed by atoms with Crippen molar-refractivity contribution in [3.63, 3.8) is 0 Å². The predicted molar refractivity (Wildman–Crippen MR) is 102 cm³/mol. The van der Waals surface area contributed by atoms with E-state index in [1.54, 1.807) is 0 Å². The van der Waals surface area contributed by atoms with E-state index in [-0.39, 0.29) is 0 Å². The van der Waals surface area contributed by atoms with Gasteiger partial charge in [-0.05, 0) is 0 Å². The number of nitrogens with one attached hydrogen (secondary N) is 1. The topological polar surface area (TPSA) is 302 Å². The summed E-state index contributed by atoms with van der Waals surface area (Å²) in [6, 6.07) is -1.82. The molecule has 0 bridgehead atoms. The van der Waals surface area contributed by atoms with E-state index >= 15 is 0 Å². The zero-order chi connectivity index (χ0) is 26.9. The summed E-state index contributed by atoms with van der Waals surface area (Å²) in [4.78, 5) is 23.0. The van der Waals surface area contributed by atoms with Crippen LogP contribution >= 0.6 is 0 Å². The number of hydrogen-bond acceptors (Lipinski definition) is 15. The van der Waals surface area contributed by atoms with Crippen LogP contribution in [0.25, 0.3) is 0 Å². The van der Waals surface area contributed by atoms with E-state index in [1.165, 1.54) is 0 Å². The van der Waals surface area contributed by atoms with Crippen molar-refractivity contribution in [1.82, 2.24) is 5.32 Å². The maximum Gasteiger partial charge on any atom is 0.397 e. The van der Waals surface area contributed by atoms with Crippen molar-refractivity contribution < 1.29 is 83.6 Å². The molecule has 2 fully saturated rings. The molecule has 10 atom stereocenters. The van der Waals surface area contributed by atoms with E-state index < -0.39 is 101 Å². The molecule has 1 amide bonds. The minimum Gasteiger partial charge on any atom is -0.479 e. The fraction of sp³-hybridized carbons (Fsp3) is 0.857. The fourth-order valence-electron chi connectivity index (χ4n) is 3.42. The normalized spacial score (nSPS) is 38.6. The first-order chi connectivity index (χ1) is 15.9. The van der Waals surface area contributed by atoms with Crippen LogP contribution in [-0.4, -0.2) is 131 Å². The van der Waals surface area contributed by atoms with Crippen LogP contribution in [0.4, 0.5) is 0 Å². The van der Waals surface area contributed by atoms with Crippen molar-refractivity contribution >= 4 is 32.7 Å². The monoisotopic (exact) mass is 557 g/mol. The summed E-state index contributed by atoms with van der Waals surface area (Å²) in [5.41, 5.74) is 0. The summed E-state index contributed by atoms with van der Waals surface area (Å²) in [6.07, 6.45) is -19.9. The molecule has 0 aromatic heterocycles. The van der Waals surface area contributed by atoms with Crippen LogP contribution in [0.3, 0.4) is 0 Å². The SMILES string of the molecule is CC(=O)N[C@@H]1[C@@H](O[C@@H]2O[C@@H](C(=O)O)[C@@H](O)[C@H](O)[C@H]2OS(=O)(=O)O)[C@@H](OS(=O)(=O)O)[C@@H](CO)O[C@H]1O. The Morgan fingerprint density at radius 3 is 1.91 bits per heavy atom. The molecule has 2 heterocycles. The van der Waals surface area contributed by atoms with Gasteiger partial charge in [0.1, 0.15) is 36.6 Å². The van der Waals surface area contributed by atoms with Gasteiger partial charge in [0.2, 0.25) is 5.91 Å². The lowest BCUT2D eigenvalue weighted by molar-refractivity contribution is -0.331. The van der Waals surface area contributed by atoms with Crippen LogP contribution in [0, 0.1) is 0 Å². The summed E-state index contributed by atoms with van der Waals surface area (Å²) in [7, 11) is -10.8. The highest BCUT2D eigenvalue weighted by Crippen LogP contribution is 2.32. The molecule has 0 aliphatic carbocycles. The van der Waals surface area contributed by atoms with E-state index in [1.807, 2.05) is 0 Å². The summed E-state index contributed by atoms with van der Waals surface area (Å²) in [5.74, 6) is -2.77. The quantitative estimate of drug-likeness (QED) is 0.123. The first-order valence-corrected chi connectivity index (χ1v) is 12.1. The lowest BCUT2D eigenvalue weighted by Gasteiger charge is -2.47. The number of carbonyl (C=O) groups excluding carboxylic acids is 1. The first-order valence-electron chi connectivity index (χ1n) is 9.38. The third kappa shape index (κ3) is 7.69. The summed E-state index contributed by atoms with van der Waals surface area (Å²) >= 11 is 0. The lowest BCUT2D eigenvalue weighted by atomic mass is 9.95. The molecular weight excluding hydrogens is 534 g/mol. The summed E-state index contributed by atoms with van der Waals surface area (Å²) in [5, 5.41) is 51.2. The van der Waals surface area contributed by atoms with Gasteiger partial charge in [-0.15, -0.1) is 0 Å². The molecule has 0 spiro atoms. The number of amides is 1. The van der Waals surface area contributed by atoms with Crippen LogP contribution in [0.1, 0.15) is 6.92 Å². The molecule has 204 valence electrons. The highest BCUT2D eigenvalue weighted by Gasteiger charge is 2.55. The second-order valence-corrected chi connectivity index (χ2v) is 9.39. The Morgan fingerprint density at radius 2 is 1.46 bits per heavy atom. The molecular formula is C14H23NO18S2. The minimum atomic E-state index is -5.42. The lowest BCUT2D eigenvalue weighted by Crippen LogP contribution is -2.68. The smallest absolute Gasteiger partial charge is 0.397 e. The number of aliphatic hydroxyl groups is 4. The number of aliphatic carboxylic acids is 1. The molecule has 2 rings (SSSR count). The molecule has 0 saturated carbocycles. The third-order valence-corrected chi connectivity index (χ3v) is 5.69. The van der Waals surface area contributed by atoms with Gasteiger partial charge >= 0.3 is 26.8 Å². The van der Waals surface area contributed by atoms with Gasteiger partial charge < -0.3 is 45.1 Å². The molecule has 19 nitrogen and oxygen atoms in total. The molecule has 0 aromatic carbocycles. The maximum absolute atomic E-state index is 11.6. The zero-order valence-corrected chi connectivity index (χ0v) is 19.1. The number of carboxylic acids is 1. The average Bonchev–Trinajstić information content (AvgIpc) is 2.69. The second kappa shape index (κ2) is 11.2. The van der Waals surface area contributed by atoms with Gasteiger partial charge in [-0.1, -0.05) is 0 Å². The number of ether oxygens (including phenoxy) is 3. The van der Waals surface area contributed by atoms with Gasteiger partial charge in [0, 0.05) is 6.92 Å². The molecule has 35 heavy (non-hydrogen) atoms. The van der Waals surface area contributed by atoms with Crippen LogP contribution < -0.4 is 5.32 Å².